The molecule has 1 aromatic carbocycles. The topological polar surface area (TPSA) is 127 Å². The van der Waals surface area contributed by atoms with E-state index in [9.17, 15) is 14.0 Å². The standard InChI is InChI=1S/C11H12FNO.C11H17N5O.C7H16O/c12-10-5-9(8-14)6-11(7-10)13-3-1-2-4-13;1-7-11(4-9(14-3)5-15-7)16(13)6-10(12)8(2)17;1-3-5-7-8-6-4-2/h5-8H,1-4H2;4-6,14H,12-13H2,1-3H3;3-7H2,1-2H3/b;10-6-;. The Morgan fingerprint density at radius 2 is 1.87 bits per heavy atom. The van der Waals surface area contributed by atoms with E-state index < -0.39 is 0 Å². The molecule has 0 unspecified atom stereocenters. The van der Waals surface area contributed by atoms with Gasteiger partial charge in [-0.25, -0.2) is 10.2 Å². The number of unbranched alkanes of at least 4 members (excludes halogenated alkanes) is 1. The number of allylic oxidation sites excluding steroid dienone is 1. The van der Waals surface area contributed by atoms with Crippen molar-refractivity contribution >= 4 is 29.1 Å². The Bertz CT molecular complexity index is 1050. The van der Waals surface area contributed by atoms with Crippen LogP contribution < -0.4 is 26.8 Å². The van der Waals surface area contributed by atoms with Crippen molar-refractivity contribution in [1.29, 1.82) is 0 Å². The van der Waals surface area contributed by atoms with Gasteiger partial charge in [-0.15, -0.1) is 0 Å². The second-order valence-electron chi connectivity index (χ2n) is 9.15. The molecule has 2 heterocycles. The molecule has 3 rings (SSSR count). The molecule has 2 aromatic rings. The first-order chi connectivity index (χ1) is 18.7. The number of rotatable bonds is 11. The predicted molar refractivity (Wildman–Crippen MR) is 157 cm³/mol. The number of nitrogens with zero attached hydrogens (tertiary/aromatic N) is 3. The van der Waals surface area contributed by atoms with Crippen LogP contribution in [-0.4, -0.2) is 50.4 Å². The van der Waals surface area contributed by atoms with Gasteiger partial charge in [0.25, 0.3) is 0 Å². The van der Waals surface area contributed by atoms with Gasteiger partial charge in [0.05, 0.1) is 29.0 Å². The van der Waals surface area contributed by atoms with Crippen LogP contribution in [0, 0.1) is 12.7 Å². The van der Waals surface area contributed by atoms with Gasteiger partial charge in [0, 0.05) is 57.7 Å². The maximum Gasteiger partial charge on any atom is 0.176 e. The van der Waals surface area contributed by atoms with Crippen molar-refractivity contribution in [1.82, 2.24) is 4.98 Å². The van der Waals surface area contributed by atoms with E-state index in [1.165, 1.54) is 43.1 Å². The van der Waals surface area contributed by atoms with Gasteiger partial charge in [-0.2, -0.15) is 0 Å². The molecule has 0 bridgehead atoms. The van der Waals surface area contributed by atoms with Gasteiger partial charge in [-0.05, 0) is 56.9 Å². The number of pyridine rings is 1. The van der Waals surface area contributed by atoms with E-state index in [1.807, 2.05) is 13.0 Å². The average Bonchev–Trinajstić information content (AvgIpc) is 3.47. The third-order valence-electron chi connectivity index (χ3n) is 5.81. The number of hydrogen-bond donors (Lipinski definition) is 3. The molecule has 39 heavy (non-hydrogen) atoms. The number of benzene rings is 1. The van der Waals surface area contributed by atoms with Crippen molar-refractivity contribution in [2.24, 2.45) is 11.6 Å². The number of aldehydes is 1. The number of aromatic nitrogens is 1. The molecule has 5 N–H and O–H groups in total. The number of anilines is 3. The van der Waals surface area contributed by atoms with Crippen LogP contribution in [0.2, 0.25) is 0 Å². The van der Waals surface area contributed by atoms with Gasteiger partial charge in [0.2, 0.25) is 0 Å². The van der Waals surface area contributed by atoms with Crippen LogP contribution in [0.25, 0.3) is 0 Å². The number of carbonyl (C=O) groups excluding carboxylic acids is 2. The molecular weight excluding hydrogens is 499 g/mol. The number of carbonyl (C=O) groups is 2. The molecule has 216 valence electrons. The summed E-state index contributed by atoms with van der Waals surface area (Å²) in [7, 11) is 1.79. The summed E-state index contributed by atoms with van der Waals surface area (Å²) < 4.78 is 18.3. The van der Waals surface area contributed by atoms with Gasteiger partial charge in [0.1, 0.15) is 12.1 Å². The zero-order valence-electron chi connectivity index (χ0n) is 24.0. The summed E-state index contributed by atoms with van der Waals surface area (Å²) in [5.74, 6) is 5.25. The Kier molecular flexibility index (Phi) is 16.1. The minimum absolute atomic E-state index is 0.0989. The zero-order chi connectivity index (χ0) is 29.2. The monoisotopic (exact) mass is 544 g/mol. The van der Waals surface area contributed by atoms with Crippen LogP contribution >= 0.6 is 0 Å². The molecule has 1 aliphatic heterocycles. The first kappa shape index (κ1) is 33.5. The molecule has 1 saturated heterocycles. The molecule has 1 fully saturated rings. The van der Waals surface area contributed by atoms with Crippen LogP contribution in [0.3, 0.4) is 0 Å². The van der Waals surface area contributed by atoms with Crippen LogP contribution in [-0.2, 0) is 9.53 Å². The lowest BCUT2D eigenvalue weighted by atomic mass is 10.2. The Morgan fingerprint density at radius 1 is 1.18 bits per heavy atom. The summed E-state index contributed by atoms with van der Waals surface area (Å²) in [6.07, 6.45) is 9.65. The van der Waals surface area contributed by atoms with E-state index in [-0.39, 0.29) is 17.3 Å². The second kappa shape index (κ2) is 18.7. The second-order valence-corrected chi connectivity index (χ2v) is 9.15. The van der Waals surface area contributed by atoms with Crippen molar-refractivity contribution in [3.05, 3.63) is 59.4 Å². The minimum Gasteiger partial charge on any atom is -0.395 e. The Labute approximate surface area is 232 Å². The lowest BCUT2D eigenvalue weighted by Crippen LogP contribution is -2.28. The number of aryl methyl sites for hydroxylation is 1. The van der Waals surface area contributed by atoms with Crippen molar-refractivity contribution in [3.8, 4) is 0 Å². The maximum atomic E-state index is 13.1. The van der Waals surface area contributed by atoms with Crippen molar-refractivity contribution in [3.63, 3.8) is 0 Å². The Morgan fingerprint density at radius 3 is 2.44 bits per heavy atom. The number of hydrazine groups is 1. The number of Topliss-reactive ketones (excluding diaryl/α,β-unsaturated/α-hetero) is 1. The highest BCUT2D eigenvalue weighted by Gasteiger charge is 2.13. The van der Waals surface area contributed by atoms with Crippen LogP contribution in [0.15, 0.2) is 42.4 Å². The molecule has 0 amide bonds. The van der Waals surface area contributed by atoms with Crippen LogP contribution in [0.5, 0.6) is 0 Å². The molecule has 9 nitrogen and oxygen atoms in total. The average molecular weight is 545 g/mol. The Hall–Kier alpha value is -3.50. The first-order valence-electron chi connectivity index (χ1n) is 13.4. The van der Waals surface area contributed by atoms with E-state index in [0.717, 1.165) is 62.6 Å². The summed E-state index contributed by atoms with van der Waals surface area (Å²) in [6, 6.07) is 6.30. The van der Waals surface area contributed by atoms with Gasteiger partial charge in [-0.3, -0.25) is 19.6 Å². The van der Waals surface area contributed by atoms with E-state index in [0.29, 0.717) is 17.5 Å². The summed E-state index contributed by atoms with van der Waals surface area (Å²) >= 11 is 0. The number of ether oxygens (including phenoxy) is 1. The lowest BCUT2D eigenvalue weighted by Gasteiger charge is -2.17. The predicted octanol–water partition coefficient (Wildman–Crippen LogP) is 4.95. The first-order valence-corrected chi connectivity index (χ1v) is 13.4. The fourth-order valence-electron chi connectivity index (χ4n) is 3.54. The van der Waals surface area contributed by atoms with E-state index >= 15 is 0 Å². The van der Waals surface area contributed by atoms with Crippen molar-refractivity contribution in [2.75, 3.05) is 48.6 Å². The van der Waals surface area contributed by atoms with Gasteiger partial charge < -0.3 is 20.7 Å². The Balaban J connectivity index is 0.000000312. The molecule has 1 aliphatic rings. The van der Waals surface area contributed by atoms with Gasteiger partial charge in [0.15, 0.2) is 5.78 Å². The maximum absolute atomic E-state index is 13.1. The summed E-state index contributed by atoms with van der Waals surface area (Å²) in [5, 5.41) is 4.25. The summed E-state index contributed by atoms with van der Waals surface area (Å²) in [6.45, 7) is 11.3. The molecule has 0 saturated carbocycles. The normalized spacial score (nSPS) is 12.6. The van der Waals surface area contributed by atoms with Crippen molar-refractivity contribution in [2.45, 2.75) is 59.8 Å². The van der Waals surface area contributed by atoms with Crippen LogP contribution in [0.4, 0.5) is 21.5 Å². The smallest absolute Gasteiger partial charge is 0.176 e. The summed E-state index contributed by atoms with van der Waals surface area (Å²) in [5.41, 5.74) is 9.12. The highest BCUT2D eigenvalue weighted by molar-refractivity contribution is 5.92. The fraction of sp³-hybridized carbons (Fsp3) is 0.483. The quantitative estimate of drug-likeness (QED) is 0.118. The zero-order valence-corrected chi connectivity index (χ0v) is 24.0. The van der Waals surface area contributed by atoms with E-state index in [2.05, 4.69) is 29.0 Å². The number of halogens is 1. The fourth-order valence-corrected chi connectivity index (χ4v) is 3.54. The molecule has 0 aliphatic carbocycles. The highest BCUT2D eigenvalue weighted by Crippen LogP contribution is 2.22. The van der Waals surface area contributed by atoms with Crippen LogP contribution in [0.1, 0.15) is 68.9 Å². The number of nitrogens with one attached hydrogen (secondary N) is 1. The SMILES string of the molecule is CCCCOCCC.CNc1cnc(C)c(N(N)/C=C(\N)C(C)=O)c1.O=Cc1cc(F)cc(N2CCCC2)c1. The highest BCUT2D eigenvalue weighted by atomic mass is 19.1. The van der Waals surface area contributed by atoms with Crippen molar-refractivity contribution < 1.29 is 18.7 Å². The van der Waals surface area contributed by atoms with Gasteiger partial charge >= 0.3 is 0 Å². The molecule has 10 heteroatoms. The lowest BCUT2D eigenvalue weighted by molar-refractivity contribution is -0.113. The third kappa shape index (κ3) is 12.7. The number of nitrogens with two attached hydrogens (primary N) is 2. The van der Waals surface area contributed by atoms with E-state index in [1.54, 1.807) is 19.3 Å². The number of hydrogen-bond acceptors (Lipinski definition) is 9. The largest absolute Gasteiger partial charge is 0.395 e. The molecule has 0 radical (unpaired) electrons. The number of ketones is 1. The molecular formula is C29H45FN6O3. The van der Waals surface area contributed by atoms with Gasteiger partial charge in [-0.1, -0.05) is 20.3 Å². The van der Waals surface area contributed by atoms with E-state index in [4.69, 9.17) is 16.3 Å². The summed E-state index contributed by atoms with van der Waals surface area (Å²) in [4.78, 5) is 27.8. The molecule has 1 aromatic heterocycles. The third-order valence-corrected chi connectivity index (χ3v) is 5.81. The molecule has 0 spiro atoms. The minimum atomic E-state index is -0.337. The molecule has 0 atom stereocenters.